The van der Waals surface area contributed by atoms with Crippen LogP contribution < -0.4 is 5.73 Å². The van der Waals surface area contributed by atoms with Crippen molar-refractivity contribution < 1.29 is 14.0 Å². The predicted molar refractivity (Wildman–Crippen MR) is 80.7 cm³/mol. The minimum absolute atomic E-state index is 0.136. The summed E-state index contributed by atoms with van der Waals surface area (Å²) in [7, 11) is 0. The molecular formula is C14H13BrN4O3. The quantitative estimate of drug-likeness (QED) is 0.890. The number of halogens is 1. The van der Waals surface area contributed by atoms with Crippen LogP contribution in [0.15, 0.2) is 33.2 Å². The van der Waals surface area contributed by atoms with Crippen molar-refractivity contribution in [3.63, 3.8) is 0 Å². The lowest BCUT2D eigenvalue weighted by Gasteiger charge is -2.19. The zero-order valence-corrected chi connectivity index (χ0v) is 13.1. The van der Waals surface area contributed by atoms with Crippen LogP contribution in [0.5, 0.6) is 0 Å². The maximum Gasteiger partial charge on any atom is 0.312 e. The number of hydrogen-bond acceptors (Lipinski definition) is 5. The Hall–Kier alpha value is -2.22. The number of nitrogens with zero attached hydrogens (tertiary/aromatic N) is 3. The molecule has 0 radical (unpaired) electrons. The first-order chi connectivity index (χ1) is 10.6. The summed E-state index contributed by atoms with van der Waals surface area (Å²) in [4.78, 5) is 25.1. The van der Waals surface area contributed by atoms with Gasteiger partial charge in [0.2, 0.25) is 11.8 Å². The van der Waals surface area contributed by atoms with E-state index in [4.69, 9.17) is 10.2 Å². The second-order valence-corrected chi connectivity index (χ2v) is 5.90. The summed E-state index contributed by atoms with van der Waals surface area (Å²) in [6, 6.07) is 6.70. The number of carbonyl (C=O) groups is 2. The van der Waals surface area contributed by atoms with Gasteiger partial charge in [-0.05, 0) is 31.0 Å². The maximum absolute atomic E-state index is 12.4. The lowest BCUT2D eigenvalue weighted by molar-refractivity contribution is -0.121. The molecule has 2 heterocycles. The number of rotatable bonds is 3. The van der Waals surface area contributed by atoms with E-state index in [1.54, 1.807) is 6.07 Å². The highest BCUT2D eigenvalue weighted by Crippen LogP contribution is 2.24. The Kier molecular flexibility index (Phi) is 3.93. The van der Waals surface area contributed by atoms with Gasteiger partial charge in [-0.1, -0.05) is 22.0 Å². The molecule has 2 N–H and O–H groups in total. The third-order valence-corrected chi connectivity index (χ3v) is 4.01. The van der Waals surface area contributed by atoms with E-state index in [1.807, 2.05) is 18.2 Å². The molecule has 1 saturated heterocycles. The summed E-state index contributed by atoms with van der Waals surface area (Å²) in [5.74, 6) is -0.866. The molecule has 1 aliphatic rings. The Morgan fingerprint density at radius 1 is 1.36 bits per heavy atom. The number of hydrogen-bond donors (Lipinski definition) is 1. The van der Waals surface area contributed by atoms with Gasteiger partial charge in [0.15, 0.2) is 0 Å². The minimum atomic E-state index is -0.603. The summed E-state index contributed by atoms with van der Waals surface area (Å²) in [5, 5.41) is 7.67. The molecule has 0 bridgehead atoms. The number of carbonyl (C=O) groups excluding carboxylic acids is 2. The Bertz CT molecular complexity index is 730. The van der Waals surface area contributed by atoms with E-state index in [0.717, 1.165) is 10.9 Å². The van der Waals surface area contributed by atoms with Crippen LogP contribution in [-0.4, -0.2) is 39.5 Å². The van der Waals surface area contributed by atoms with Crippen LogP contribution in [0.2, 0.25) is 0 Å². The molecule has 2 aromatic rings. The Morgan fingerprint density at radius 3 is 2.91 bits per heavy atom. The zero-order chi connectivity index (χ0) is 15.7. The van der Waals surface area contributed by atoms with Crippen molar-refractivity contribution in [1.29, 1.82) is 0 Å². The smallest absolute Gasteiger partial charge is 0.312 e. The molecular weight excluding hydrogens is 352 g/mol. The molecule has 1 aromatic carbocycles. The average Bonchev–Trinajstić information content (AvgIpc) is 3.16. The van der Waals surface area contributed by atoms with Gasteiger partial charge in [-0.3, -0.25) is 9.59 Å². The molecule has 0 aliphatic carbocycles. The van der Waals surface area contributed by atoms with Crippen LogP contribution in [0.4, 0.5) is 0 Å². The first kappa shape index (κ1) is 14.7. The first-order valence-electron chi connectivity index (χ1n) is 6.76. The number of aromatic nitrogens is 2. The number of amides is 2. The molecule has 1 unspecified atom stereocenters. The SMILES string of the molecule is NC(=O)C1CCCN1C(=O)c1nnc(-c2cccc(Br)c2)o1. The highest BCUT2D eigenvalue weighted by molar-refractivity contribution is 9.10. The Morgan fingerprint density at radius 2 is 2.18 bits per heavy atom. The summed E-state index contributed by atoms with van der Waals surface area (Å²) in [6.07, 6.45) is 1.29. The monoisotopic (exact) mass is 364 g/mol. The van der Waals surface area contributed by atoms with Gasteiger partial charge in [0.1, 0.15) is 6.04 Å². The van der Waals surface area contributed by atoms with E-state index in [2.05, 4.69) is 26.1 Å². The average molecular weight is 365 g/mol. The van der Waals surface area contributed by atoms with Crippen LogP contribution in [-0.2, 0) is 4.79 Å². The summed E-state index contributed by atoms with van der Waals surface area (Å²) >= 11 is 3.36. The highest BCUT2D eigenvalue weighted by Gasteiger charge is 2.35. The van der Waals surface area contributed by atoms with Crippen molar-refractivity contribution in [3.05, 3.63) is 34.6 Å². The molecule has 1 aliphatic heterocycles. The van der Waals surface area contributed by atoms with Crippen LogP contribution in [0.3, 0.4) is 0 Å². The third-order valence-electron chi connectivity index (χ3n) is 3.52. The molecule has 1 aromatic heterocycles. The van der Waals surface area contributed by atoms with Gasteiger partial charge in [0.05, 0.1) is 0 Å². The molecule has 22 heavy (non-hydrogen) atoms. The van der Waals surface area contributed by atoms with E-state index < -0.39 is 17.9 Å². The Balaban J connectivity index is 1.84. The number of likely N-dealkylation sites (tertiary alicyclic amines) is 1. The van der Waals surface area contributed by atoms with E-state index in [0.29, 0.717) is 18.5 Å². The van der Waals surface area contributed by atoms with Crippen molar-refractivity contribution in [3.8, 4) is 11.5 Å². The van der Waals surface area contributed by atoms with Crippen LogP contribution in [0, 0.1) is 0 Å². The second-order valence-electron chi connectivity index (χ2n) is 4.98. The van der Waals surface area contributed by atoms with Gasteiger partial charge in [0, 0.05) is 16.6 Å². The minimum Gasteiger partial charge on any atom is -0.412 e. The molecule has 8 heteroatoms. The highest BCUT2D eigenvalue weighted by atomic mass is 79.9. The van der Waals surface area contributed by atoms with Crippen LogP contribution >= 0.6 is 15.9 Å². The van der Waals surface area contributed by atoms with Crippen molar-refractivity contribution >= 4 is 27.7 Å². The second kappa shape index (κ2) is 5.88. The topological polar surface area (TPSA) is 102 Å². The third kappa shape index (κ3) is 2.74. The van der Waals surface area contributed by atoms with Crippen LogP contribution in [0.1, 0.15) is 23.5 Å². The van der Waals surface area contributed by atoms with E-state index in [1.165, 1.54) is 4.90 Å². The van der Waals surface area contributed by atoms with Crippen molar-refractivity contribution in [2.75, 3.05) is 6.54 Å². The zero-order valence-electron chi connectivity index (χ0n) is 11.5. The van der Waals surface area contributed by atoms with Gasteiger partial charge >= 0.3 is 11.8 Å². The largest absolute Gasteiger partial charge is 0.412 e. The maximum atomic E-state index is 12.4. The molecule has 3 rings (SSSR count). The number of primary amides is 1. The normalized spacial score (nSPS) is 17.7. The fourth-order valence-electron chi connectivity index (χ4n) is 2.48. The van der Waals surface area contributed by atoms with Crippen molar-refractivity contribution in [2.24, 2.45) is 5.73 Å². The van der Waals surface area contributed by atoms with E-state index in [-0.39, 0.29) is 11.8 Å². The molecule has 0 spiro atoms. The standard InChI is InChI=1S/C14H13BrN4O3/c15-9-4-1-3-8(7-9)12-17-18-13(22-12)14(21)19-6-2-5-10(19)11(16)20/h1,3-4,7,10H,2,5-6H2,(H2,16,20). The van der Waals surface area contributed by atoms with Gasteiger partial charge in [-0.2, -0.15) is 0 Å². The predicted octanol–water partition coefficient (Wildman–Crippen LogP) is 1.59. The number of nitrogens with two attached hydrogens (primary N) is 1. The molecule has 1 atom stereocenters. The van der Waals surface area contributed by atoms with E-state index in [9.17, 15) is 9.59 Å². The lowest BCUT2D eigenvalue weighted by atomic mass is 10.2. The van der Waals surface area contributed by atoms with Gasteiger partial charge in [0.25, 0.3) is 0 Å². The van der Waals surface area contributed by atoms with Gasteiger partial charge in [-0.15, -0.1) is 10.2 Å². The summed E-state index contributed by atoms with van der Waals surface area (Å²) < 4.78 is 6.31. The fourth-order valence-corrected chi connectivity index (χ4v) is 2.88. The molecule has 0 saturated carbocycles. The Labute approximate surface area is 134 Å². The van der Waals surface area contributed by atoms with Crippen LogP contribution in [0.25, 0.3) is 11.5 Å². The fraction of sp³-hybridized carbons (Fsp3) is 0.286. The van der Waals surface area contributed by atoms with Crippen molar-refractivity contribution in [1.82, 2.24) is 15.1 Å². The summed E-state index contributed by atoms with van der Waals surface area (Å²) in [6.45, 7) is 0.459. The van der Waals surface area contributed by atoms with E-state index >= 15 is 0 Å². The van der Waals surface area contributed by atoms with Gasteiger partial charge < -0.3 is 15.1 Å². The summed E-state index contributed by atoms with van der Waals surface area (Å²) in [5.41, 5.74) is 6.01. The first-order valence-corrected chi connectivity index (χ1v) is 7.55. The molecule has 1 fully saturated rings. The molecule has 7 nitrogen and oxygen atoms in total. The molecule has 114 valence electrons. The lowest BCUT2D eigenvalue weighted by Crippen LogP contribution is -2.43. The molecule has 2 amide bonds. The van der Waals surface area contributed by atoms with Gasteiger partial charge in [-0.25, -0.2) is 0 Å². The number of benzene rings is 1. The van der Waals surface area contributed by atoms with Crippen molar-refractivity contribution in [2.45, 2.75) is 18.9 Å².